The molecule has 0 aliphatic heterocycles. The predicted molar refractivity (Wildman–Crippen MR) is 77.7 cm³/mol. The van der Waals surface area contributed by atoms with E-state index in [4.69, 9.17) is 9.47 Å². The van der Waals surface area contributed by atoms with Crippen LogP contribution in [0.3, 0.4) is 0 Å². The molecule has 0 N–H and O–H groups in total. The summed E-state index contributed by atoms with van der Waals surface area (Å²) in [6.07, 6.45) is 2.72. The van der Waals surface area contributed by atoms with Crippen molar-refractivity contribution in [2.24, 2.45) is 0 Å². The molecule has 3 heteroatoms. The summed E-state index contributed by atoms with van der Waals surface area (Å²) in [6, 6.07) is 9.69. The Hall–Kier alpha value is -2.49. The molecular weight excluding hydrogens is 252 g/mol. The van der Waals surface area contributed by atoms with Crippen molar-refractivity contribution in [3.05, 3.63) is 48.0 Å². The fourth-order valence-electron chi connectivity index (χ4n) is 1.21. The standard InChI is InChI=1S/C17H16O3/c1-2-20-17(18)13-7-4-8-14-19-15-9-12-16-10-5-3-6-11-16/h3,5-7,10-11,13H,2,14-15H2,1H3/b13-7+. The van der Waals surface area contributed by atoms with E-state index in [-0.39, 0.29) is 6.61 Å². The van der Waals surface area contributed by atoms with Crippen LogP contribution in [0.2, 0.25) is 0 Å². The number of rotatable bonds is 4. The lowest BCUT2D eigenvalue weighted by Crippen LogP contribution is -1.98. The first-order chi connectivity index (χ1) is 9.83. The van der Waals surface area contributed by atoms with Crippen LogP contribution in [0.1, 0.15) is 12.5 Å². The van der Waals surface area contributed by atoms with Gasteiger partial charge < -0.3 is 9.47 Å². The molecule has 0 bridgehead atoms. The summed E-state index contributed by atoms with van der Waals surface area (Å²) in [5.74, 6) is 10.9. The fourth-order valence-corrected chi connectivity index (χ4v) is 1.21. The van der Waals surface area contributed by atoms with Gasteiger partial charge in [0.15, 0.2) is 0 Å². The van der Waals surface area contributed by atoms with Crippen molar-refractivity contribution in [3.63, 3.8) is 0 Å². The molecule has 0 amide bonds. The Morgan fingerprint density at radius 2 is 1.95 bits per heavy atom. The minimum absolute atomic E-state index is 0.274. The number of hydrogen-bond acceptors (Lipinski definition) is 3. The highest BCUT2D eigenvalue weighted by molar-refractivity contribution is 5.82. The Labute approximate surface area is 119 Å². The number of hydrogen-bond donors (Lipinski definition) is 0. The third-order valence-electron chi connectivity index (χ3n) is 2.05. The van der Waals surface area contributed by atoms with Gasteiger partial charge in [-0.3, -0.25) is 0 Å². The van der Waals surface area contributed by atoms with Gasteiger partial charge in [-0.15, -0.1) is 0 Å². The zero-order valence-electron chi connectivity index (χ0n) is 11.4. The molecule has 102 valence electrons. The van der Waals surface area contributed by atoms with E-state index in [0.717, 1.165) is 5.56 Å². The maximum Gasteiger partial charge on any atom is 0.331 e. The zero-order valence-corrected chi connectivity index (χ0v) is 11.4. The number of ether oxygens (including phenoxy) is 2. The van der Waals surface area contributed by atoms with Gasteiger partial charge in [0.25, 0.3) is 0 Å². The summed E-state index contributed by atoms with van der Waals surface area (Å²) >= 11 is 0. The second-order valence-corrected chi connectivity index (χ2v) is 3.57. The Morgan fingerprint density at radius 1 is 1.20 bits per heavy atom. The summed E-state index contributed by atoms with van der Waals surface area (Å²) in [5, 5.41) is 0. The summed E-state index contributed by atoms with van der Waals surface area (Å²) < 4.78 is 9.91. The number of allylic oxidation sites excluding steroid dienone is 1. The highest BCUT2D eigenvalue weighted by atomic mass is 16.5. The Balaban J connectivity index is 2.17. The van der Waals surface area contributed by atoms with E-state index in [0.29, 0.717) is 13.2 Å². The monoisotopic (exact) mass is 268 g/mol. The SMILES string of the molecule is CCOC(=O)/C=C/C#CCOCC#Cc1ccccc1. The first kappa shape index (κ1) is 15.6. The summed E-state index contributed by atoms with van der Waals surface area (Å²) in [4.78, 5) is 10.9. The van der Waals surface area contributed by atoms with E-state index in [1.165, 1.54) is 12.2 Å². The van der Waals surface area contributed by atoms with Crippen molar-refractivity contribution < 1.29 is 14.3 Å². The molecule has 20 heavy (non-hydrogen) atoms. The quantitative estimate of drug-likeness (QED) is 0.363. The smallest absolute Gasteiger partial charge is 0.331 e. The minimum Gasteiger partial charge on any atom is -0.463 e. The molecule has 1 rings (SSSR count). The maximum absolute atomic E-state index is 10.9. The van der Waals surface area contributed by atoms with E-state index in [9.17, 15) is 4.79 Å². The van der Waals surface area contributed by atoms with Gasteiger partial charge in [0.05, 0.1) is 6.61 Å². The lowest BCUT2D eigenvalue weighted by atomic mass is 10.2. The van der Waals surface area contributed by atoms with Crippen molar-refractivity contribution in [3.8, 4) is 23.7 Å². The highest BCUT2D eigenvalue weighted by Crippen LogP contribution is 1.94. The molecule has 0 aromatic heterocycles. The highest BCUT2D eigenvalue weighted by Gasteiger charge is 1.89. The second-order valence-electron chi connectivity index (χ2n) is 3.57. The number of esters is 1. The topological polar surface area (TPSA) is 35.5 Å². The number of benzene rings is 1. The van der Waals surface area contributed by atoms with Crippen LogP contribution in [0.4, 0.5) is 0 Å². The Morgan fingerprint density at radius 3 is 2.70 bits per heavy atom. The Bertz CT molecular complexity index is 551. The molecule has 0 radical (unpaired) electrons. The molecule has 0 aliphatic rings. The third-order valence-corrected chi connectivity index (χ3v) is 2.05. The summed E-state index contributed by atoms with van der Waals surface area (Å²) in [7, 11) is 0. The Kier molecular flexibility index (Phi) is 8.12. The molecule has 1 aromatic carbocycles. The van der Waals surface area contributed by atoms with E-state index >= 15 is 0 Å². The van der Waals surface area contributed by atoms with Crippen molar-refractivity contribution in [2.75, 3.05) is 19.8 Å². The lowest BCUT2D eigenvalue weighted by Gasteiger charge is -1.92. The van der Waals surface area contributed by atoms with E-state index in [1.807, 2.05) is 30.3 Å². The molecule has 0 fully saturated rings. The van der Waals surface area contributed by atoms with E-state index < -0.39 is 5.97 Å². The molecule has 1 aromatic rings. The van der Waals surface area contributed by atoms with Crippen LogP contribution in [0, 0.1) is 23.7 Å². The first-order valence-electron chi connectivity index (χ1n) is 6.26. The second kappa shape index (κ2) is 10.4. The normalized spacial score (nSPS) is 9.25. The van der Waals surface area contributed by atoms with Crippen molar-refractivity contribution >= 4 is 5.97 Å². The zero-order chi connectivity index (χ0) is 14.5. The molecule has 0 heterocycles. The summed E-state index contributed by atoms with van der Waals surface area (Å²) in [6.45, 7) is 2.71. The van der Waals surface area contributed by atoms with Crippen molar-refractivity contribution in [1.82, 2.24) is 0 Å². The largest absolute Gasteiger partial charge is 0.463 e. The van der Waals surface area contributed by atoms with E-state index in [1.54, 1.807) is 6.92 Å². The molecule has 0 spiro atoms. The average Bonchev–Trinajstić information content (AvgIpc) is 2.47. The van der Waals surface area contributed by atoms with Gasteiger partial charge in [-0.25, -0.2) is 4.79 Å². The van der Waals surface area contributed by atoms with Crippen LogP contribution in [-0.2, 0) is 14.3 Å². The van der Waals surface area contributed by atoms with Gasteiger partial charge >= 0.3 is 5.97 Å². The molecule has 0 saturated carbocycles. The minimum atomic E-state index is -0.392. The third kappa shape index (κ3) is 7.76. The van der Waals surface area contributed by atoms with Gasteiger partial charge in [0, 0.05) is 11.6 Å². The van der Waals surface area contributed by atoms with Crippen LogP contribution in [0.5, 0.6) is 0 Å². The molecule has 0 atom stereocenters. The van der Waals surface area contributed by atoms with Crippen molar-refractivity contribution in [2.45, 2.75) is 6.92 Å². The molecule has 0 aliphatic carbocycles. The molecular formula is C17H16O3. The predicted octanol–water partition coefficient (Wildman–Crippen LogP) is 2.18. The fraction of sp³-hybridized carbons (Fsp3) is 0.235. The van der Waals surface area contributed by atoms with E-state index in [2.05, 4.69) is 23.7 Å². The molecule has 0 unspecified atom stereocenters. The van der Waals surface area contributed by atoms with Crippen LogP contribution in [0.25, 0.3) is 0 Å². The molecule has 3 nitrogen and oxygen atoms in total. The van der Waals surface area contributed by atoms with Gasteiger partial charge in [-0.05, 0) is 25.1 Å². The van der Waals surface area contributed by atoms with Crippen LogP contribution in [0.15, 0.2) is 42.5 Å². The number of carbonyl (C=O) groups is 1. The van der Waals surface area contributed by atoms with Crippen LogP contribution >= 0.6 is 0 Å². The van der Waals surface area contributed by atoms with Crippen LogP contribution < -0.4 is 0 Å². The number of carbonyl (C=O) groups excluding carboxylic acids is 1. The van der Waals surface area contributed by atoms with Crippen molar-refractivity contribution in [1.29, 1.82) is 0 Å². The van der Waals surface area contributed by atoms with Gasteiger partial charge in [0.2, 0.25) is 0 Å². The average molecular weight is 268 g/mol. The first-order valence-corrected chi connectivity index (χ1v) is 6.26. The lowest BCUT2D eigenvalue weighted by molar-refractivity contribution is -0.137. The van der Waals surface area contributed by atoms with Gasteiger partial charge in [-0.1, -0.05) is 41.9 Å². The summed E-state index contributed by atoms with van der Waals surface area (Å²) in [5.41, 5.74) is 0.958. The van der Waals surface area contributed by atoms with Gasteiger partial charge in [-0.2, -0.15) is 0 Å². The maximum atomic E-state index is 10.9. The molecule has 0 saturated heterocycles. The van der Waals surface area contributed by atoms with Crippen LogP contribution in [-0.4, -0.2) is 25.8 Å². The van der Waals surface area contributed by atoms with Gasteiger partial charge in [0.1, 0.15) is 13.2 Å².